The quantitative estimate of drug-likeness (QED) is 0.434. The first-order valence-corrected chi connectivity index (χ1v) is 14.6. The molecule has 0 spiro atoms. The molecule has 210 valence electrons. The van der Waals surface area contributed by atoms with Crippen molar-refractivity contribution >= 4 is 21.7 Å². The molecule has 10 nitrogen and oxygen atoms in total. The number of pyridine rings is 1. The molecule has 3 aromatic rings. The number of carbonyl (C=O) groups is 1. The molecule has 0 radical (unpaired) electrons. The number of ether oxygens (including phenoxy) is 1. The van der Waals surface area contributed by atoms with Crippen LogP contribution in [0.25, 0.3) is 0 Å². The number of benzene rings is 1. The number of sulfonamides is 1. The molecule has 1 N–H and O–H groups in total. The molecule has 1 saturated heterocycles. The molecule has 0 unspecified atom stereocenters. The summed E-state index contributed by atoms with van der Waals surface area (Å²) in [5.74, 6) is 7.05. The summed E-state index contributed by atoms with van der Waals surface area (Å²) in [6, 6.07) is 13.2. The van der Waals surface area contributed by atoms with Crippen LogP contribution in [0.1, 0.15) is 54.9 Å². The fourth-order valence-corrected chi connectivity index (χ4v) is 4.63. The summed E-state index contributed by atoms with van der Waals surface area (Å²) in [5.41, 5.74) is 2.88. The van der Waals surface area contributed by atoms with Crippen molar-refractivity contribution in [2.75, 3.05) is 37.7 Å². The van der Waals surface area contributed by atoms with Crippen molar-refractivity contribution < 1.29 is 17.9 Å². The van der Waals surface area contributed by atoms with Gasteiger partial charge in [-0.3, -0.25) is 14.7 Å². The second-order valence-electron chi connectivity index (χ2n) is 10.3. The first-order chi connectivity index (χ1) is 19.1. The van der Waals surface area contributed by atoms with Crippen LogP contribution in [-0.4, -0.2) is 71.9 Å². The zero-order chi connectivity index (χ0) is 28.8. The second-order valence-corrected chi connectivity index (χ2v) is 12.8. The van der Waals surface area contributed by atoms with Gasteiger partial charge in [0.2, 0.25) is 10.0 Å². The Balaban J connectivity index is 1.35. The third-order valence-corrected chi connectivity index (χ3v) is 8.46. The van der Waals surface area contributed by atoms with Crippen molar-refractivity contribution in [3.05, 3.63) is 77.2 Å². The molecule has 1 amide bonds. The van der Waals surface area contributed by atoms with Gasteiger partial charge in [-0.15, -0.1) is 10.2 Å². The van der Waals surface area contributed by atoms with Gasteiger partial charge in [0, 0.05) is 50.0 Å². The minimum absolute atomic E-state index is 0.0478. The van der Waals surface area contributed by atoms with E-state index in [1.54, 1.807) is 18.5 Å². The molecule has 11 heteroatoms. The lowest BCUT2D eigenvalue weighted by Gasteiger charge is -2.35. The molecule has 1 aliphatic heterocycles. The highest BCUT2D eigenvalue weighted by Crippen LogP contribution is 2.18. The van der Waals surface area contributed by atoms with Crippen LogP contribution in [-0.2, 0) is 16.6 Å². The third-order valence-electron chi connectivity index (χ3n) is 6.39. The van der Waals surface area contributed by atoms with Crippen molar-refractivity contribution in [3.8, 4) is 17.6 Å². The van der Waals surface area contributed by atoms with Crippen molar-refractivity contribution in [1.82, 2.24) is 24.8 Å². The fourth-order valence-electron chi connectivity index (χ4n) is 3.97. The lowest BCUT2D eigenvalue weighted by atomic mass is 10.1. The molecule has 1 aliphatic rings. The number of anilines is 1. The molecule has 1 aromatic carbocycles. The number of nitrogens with one attached hydrogen (secondary N) is 1. The summed E-state index contributed by atoms with van der Waals surface area (Å²) < 4.78 is 31.0. The van der Waals surface area contributed by atoms with Gasteiger partial charge in [-0.25, -0.2) is 13.1 Å². The van der Waals surface area contributed by atoms with E-state index in [2.05, 4.69) is 47.6 Å². The molecule has 2 aromatic heterocycles. The predicted octanol–water partition coefficient (Wildman–Crippen LogP) is 2.85. The summed E-state index contributed by atoms with van der Waals surface area (Å²) in [7, 11) is -3.83. The first-order valence-electron chi connectivity index (χ1n) is 13.1. The lowest BCUT2D eigenvalue weighted by Crippen LogP contribution is -2.46. The van der Waals surface area contributed by atoms with Crippen molar-refractivity contribution in [2.24, 2.45) is 0 Å². The summed E-state index contributed by atoms with van der Waals surface area (Å²) in [5, 5.41) is 8.15. The van der Waals surface area contributed by atoms with Crippen LogP contribution in [0.5, 0.6) is 5.75 Å². The molecule has 1 fully saturated rings. The smallest absolute Gasteiger partial charge is 0.285 e. The normalized spacial score (nSPS) is 14.2. The van der Waals surface area contributed by atoms with Crippen LogP contribution in [0.4, 0.5) is 5.82 Å². The summed E-state index contributed by atoms with van der Waals surface area (Å²) >= 11 is 0. The Labute approximate surface area is 235 Å². The van der Waals surface area contributed by atoms with E-state index >= 15 is 0 Å². The van der Waals surface area contributed by atoms with Crippen molar-refractivity contribution in [2.45, 2.75) is 39.0 Å². The summed E-state index contributed by atoms with van der Waals surface area (Å²) in [4.78, 5) is 21.0. The Hall–Kier alpha value is -4.01. The largest absolute Gasteiger partial charge is 0.492 e. The van der Waals surface area contributed by atoms with Crippen molar-refractivity contribution in [1.29, 1.82) is 0 Å². The number of piperazine rings is 1. The molecular weight excluding hydrogens is 528 g/mol. The van der Waals surface area contributed by atoms with Crippen LogP contribution in [0, 0.1) is 11.8 Å². The summed E-state index contributed by atoms with van der Waals surface area (Å²) in [6.45, 7) is 10.9. The van der Waals surface area contributed by atoms with Gasteiger partial charge >= 0.3 is 0 Å². The maximum Gasteiger partial charge on any atom is 0.285 e. The highest BCUT2D eigenvalue weighted by Gasteiger charge is 2.31. The maximum absolute atomic E-state index is 12.4. The van der Waals surface area contributed by atoms with Gasteiger partial charge in [0.1, 0.15) is 5.75 Å². The Morgan fingerprint density at radius 3 is 2.45 bits per heavy atom. The number of amides is 1. The van der Waals surface area contributed by atoms with E-state index in [0.717, 1.165) is 49.4 Å². The summed E-state index contributed by atoms with van der Waals surface area (Å²) in [6.07, 6.45) is 3.41. The molecule has 0 atom stereocenters. The highest BCUT2D eigenvalue weighted by atomic mass is 32.2. The number of aromatic nitrogens is 3. The Morgan fingerprint density at radius 2 is 1.77 bits per heavy atom. The average Bonchev–Trinajstić information content (AvgIpc) is 2.93. The van der Waals surface area contributed by atoms with E-state index in [1.165, 1.54) is 26.8 Å². The monoisotopic (exact) mass is 562 g/mol. The zero-order valence-electron chi connectivity index (χ0n) is 23.2. The SMILES string of the molecule is CCOc1cncc(C#Cc2ccccc2CN2CCN(c3ccc(C(=O)NS(=O)(=O)C(C)(C)C)nn3)CC2)c1. The molecule has 40 heavy (non-hydrogen) atoms. The fraction of sp³-hybridized carbons (Fsp3) is 0.379. The minimum atomic E-state index is -3.83. The van der Waals surface area contributed by atoms with Crippen LogP contribution in [0.2, 0.25) is 0 Å². The predicted molar refractivity (Wildman–Crippen MR) is 153 cm³/mol. The van der Waals surface area contributed by atoms with Gasteiger partial charge in [0.15, 0.2) is 11.5 Å². The van der Waals surface area contributed by atoms with Gasteiger partial charge in [0.25, 0.3) is 5.91 Å². The number of hydrogen-bond acceptors (Lipinski definition) is 9. The van der Waals surface area contributed by atoms with Gasteiger partial charge in [0.05, 0.1) is 17.6 Å². The number of hydrogen-bond donors (Lipinski definition) is 1. The number of nitrogens with zero attached hydrogens (tertiary/aromatic N) is 5. The lowest BCUT2D eigenvalue weighted by molar-refractivity contribution is 0.0974. The number of carbonyl (C=O) groups excluding carboxylic acids is 1. The molecular formula is C29H34N6O4S. The number of rotatable bonds is 7. The molecule has 0 aliphatic carbocycles. The zero-order valence-corrected chi connectivity index (χ0v) is 24.0. The Morgan fingerprint density at radius 1 is 1.02 bits per heavy atom. The van der Waals surface area contributed by atoms with Gasteiger partial charge < -0.3 is 9.64 Å². The van der Waals surface area contributed by atoms with Crippen LogP contribution in [0.15, 0.2) is 54.9 Å². The maximum atomic E-state index is 12.4. The Kier molecular flexibility index (Phi) is 9.02. The van der Waals surface area contributed by atoms with Crippen molar-refractivity contribution in [3.63, 3.8) is 0 Å². The van der Waals surface area contributed by atoms with Crippen LogP contribution in [0.3, 0.4) is 0 Å². The van der Waals surface area contributed by atoms with E-state index < -0.39 is 20.7 Å². The first kappa shape index (κ1) is 29.0. The van der Waals surface area contributed by atoms with Crippen LogP contribution < -0.4 is 14.4 Å². The molecule has 4 rings (SSSR count). The average molecular weight is 563 g/mol. The highest BCUT2D eigenvalue weighted by molar-refractivity contribution is 7.91. The Bertz CT molecular complexity index is 1500. The third kappa shape index (κ3) is 7.34. The molecule has 0 saturated carbocycles. The van der Waals surface area contributed by atoms with E-state index in [0.29, 0.717) is 18.2 Å². The second kappa shape index (κ2) is 12.4. The van der Waals surface area contributed by atoms with E-state index in [9.17, 15) is 13.2 Å². The van der Waals surface area contributed by atoms with Gasteiger partial charge in [-0.2, -0.15) is 0 Å². The molecule has 3 heterocycles. The minimum Gasteiger partial charge on any atom is -0.492 e. The van der Waals surface area contributed by atoms with E-state index in [4.69, 9.17) is 4.74 Å². The molecule has 0 bridgehead atoms. The van der Waals surface area contributed by atoms with Gasteiger partial charge in [-0.05, 0) is 57.5 Å². The van der Waals surface area contributed by atoms with Crippen LogP contribution >= 0.6 is 0 Å². The van der Waals surface area contributed by atoms with E-state index in [-0.39, 0.29) is 5.69 Å². The topological polar surface area (TPSA) is 118 Å². The standard InChI is InChI=1S/C29H34N6O4S/c1-5-39-25-18-22(19-30-20-25)10-11-23-8-6-7-9-24(23)21-34-14-16-35(17-15-34)27-13-12-26(31-32-27)28(36)33-40(37,38)29(2,3)4/h6-9,12-13,18-20H,5,14-17,21H2,1-4H3,(H,33,36). The van der Waals surface area contributed by atoms with Gasteiger partial charge in [-0.1, -0.05) is 30.0 Å². The van der Waals surface area contributed by atoms with E-state index in [1.807, 2.05) is 31.2 Å².